The van der Waals surface area contributed by atoms with Gasteiger partial charge in [-0.05, 0) is 24.6 Å². The van der Waals surface area contributed by atoms with Gasteiger partial charge < -0.3 is 9.64 Å². The van der Waals surface area contributed by atoms with Crippen molar-refractivity contribution in [2.24, 2.45) is 0 Å². The smallest absolute Gasteiger partial charge is 0.137 e. The van der Waals surface area contributed by atoms with Crippen LogP contribution in [0.2, 0.25) is 5.02 Å². The van der Waals surface area contributed by atoms with Crippen molar-refractivity contribution in [1.82, 2.24) is 0 Å². The summed E-state index contributed by atoms with van der Waals surface area (Å²) >= 11 is 6.09. The van der Waals surface area contributed by atoms with Crippen molar-refractivity contribution in [2.75, 3.05) is 25.1 Å². The van der Waals surface area contributed by atoms with E-state index in [1.54, 1.807) is 7.11 Å². The van der Waals surface area contributed by atoms with Gasteiger partial charge in [-0.2, -0.15) is 5.26 Å². The Morgan fingerprint density at radius 1 is 1.47 bits per heavy atom. The number of methoxy groups -OCH3 is 1. The summed E-state index contributed by atoms with van der Waals surface area (Å²) in [5.74, 6) is 0.681. The Balaban J connectivity index is 2.17. The quantitative estimate of drug-likeness (QED) is 0.807. The molecule has 0 N–H and O–H groups in total. The molecule has 0 amide bonds. The second-order valence-corrected chi connectivity index (χ2v) is 4.26. The van der Waals surface area contributed by atoms with Gasteiger partial charge >= 0.3 is 0 Å². The van der Waals surface area contributed by atoms with Crippen molar-refractivity contribution in [3.8, 4) is 11.8 Å². The standard InChI is InChI=1S/C13H13ClN2O/c1-17-13-3-2-11(8-12(13)14)16-6-4-10(9-15)5-7-16/h2-4,8H,5-7H2,1H3. The van der Waals surface area contributed by atoms with Crippen molar-refractivity contribution in [3.63, 3.8) is 0 Å². The van der Waals surface area contributed by atoms with Gasteiger partial charge in [0, 0.05) is 24.4 Å². The fourth-order valence-electron chi connectivity index (χ4n) is 1.86. The molecule has 0 aliphatic carbocycles. The first-order chi connectivity index (χ1) is 8.24. The van der Waals surface area contributed by atoms with E-state index in [2.05, 4.69) is 11.0 Å². The van der Waals surface area contributed by atoms with E-state index in [0.29, 0.717) is 10.8 Å². The zero-order chi connectivity index (χ0) is 12.3. The van der Waals surface area contributed by atoms with E-state index in [1.165, 1.54) is 0 Å². The molecule has 3 nitrogen and oxygen atoms in total. The second-order valence-electron chi connectivity index (χ2n) is 3.86. The SMILES string of the molecule is COc1ccc(N2CC=C(C#N)CC2)cc1Cl. The number of hydrogen-bond acceptors (Lipinski definition) is 3. The van der Waals surface area contributed by atoms with E-state index in [9.17, 15) is 0 Å². The van der Waals surface area contributed by atoms with Crippen LogP contribution in [0, 0.1) is 11.3 Å². The molecule has 0 radical (unpaired) electrons. The maximum Gasteiger partial charge on any atom is 0.137 e. The Morgan fingerprint density at radius 2 is 2.29 bits per heavy atom. The lowest BCUT2D eigenvalue weighted by Gasteiger charge is -2.27. The molecular formula is C13H13ClN2O. The lowest BCUT2D eigenvalue weighted by Crippen LogP contribution is -2.28. The summed E-state index contributed by atoms with van der Waals surface area (Å²) in [7, 11) is 1.60. The summed E-state index contributed by atoms with van der Waals surface area (Å²) < 4.78 is 5.12. The van der Waals surface area contributed by atoms with Crippen LogP contribution in [-0.2, 0) is 0 Å². The zero-order valence-electron chi connectivity index (χ0n) is 9.61. The largest absolute Gasteiger partial charge is 0.495 e. The molecule has 0 fully saturated rings. The van der Waals surface area contributed by atoms with Gasteiger partial charge in [-0.3, -0.25) is 0 Å². The minimum Gasteiger partial charge on any atom is -0.495 e. The molecule has 17 heavy (non-hydrogen) atoms. The van der Waals surface area contributed by atoms with E-state index in [4.69, 9.17) is 21.6 Å². The van der Waals surface area contributed by atoms with Crippen molar-refractivity contribution in [2.45, 2.75) is 6.42 Å². The fraction of sp³-hybridized carbons (Fsp3) is 0.308. The number of ether oxygens (including phenoxy) is 1. The normalized spacial score (nSPS) is 15.1. The van der Waals surface area contributed by atoms with Gasteiger partial charge in [-0.25, -0.2) is 0 Å². The third-order valence-electron chi connectivity index (χ3n) is 2.85. The number of nitriles is 1. The molecule has 0 aromatic heterocycles. The van der Waals surface area contributed by atoms with Gasteiger partial charge in [-0.15, -0.1) is 0 Å². The minimum atomic E-state index is 0.611. The number of anilines is 1. The van der Waals surface area contributed by atoms with E-state index in [-0.39, 0.29) is 0 Å². The van der Waals surface area contributed by atoms with Crippen LogP contribution in [0.5, 0.6) is 5.75 Å². The monoisotopic (exact) mass is 248 g/mol. The number of rotatable bonds is 2. The summed E-state index contributed by atoms with van der Waals surface area (Å²) in [6, 6.07) is 7.93. The highest BCUT2D eigenvalue weighted by Crippen LogP contribution is 2.30. The summed E-state index contributed by atoms with van der Waals surface area (Å²) in [5.41, 5.74) is 1.92. The molecular weight excluding hydrogens is 236 g/mol. The zero-order valence-corrected chi connectivity index (χ0v) is 10.4. The first-order valence-electron chi connectivity index (χ1n) is 5.42. The topological polar surface area (TPSA) is 36.3 Å². The first-order valence-corrected chi connectivity index (χ1v) is 5.80. The fourth-order valence-corrected chi connectivity index (χ4v) is 2.11. The Bertz CT molecular complexity index is 491. The summed E-state index contributed by atoms with van der Waals surface area (Å²) in [4.78, 5) is 2.19. The van der Waals surface area contributed by atoms with Crippen molar-refractivity contribution in [3.05, 3.63) is 34.9 Å². The van der Waals surface area contributed by atoms with Crippen LogP contribution < -0.4 is 9.64 Å². The third-order valence-corrected chi connectivity index (χ3v) is 3.15. The molecule has 0 spiro atoms. The van der Waals surface area contributed by atoms with E-state index >= 15 is 0 Å². The van der Waals surface area contributed by atoms with Crippen LogP contribution in [0.1, 0.15) is 6.42 Å². The summed E-state index contributed by atoms with van der Waals surface area (Å²) in [6.07, 6.45) is 2.75. The molecule has 0 unspecified atom stereocenters. The van der Waals surface area contributed by atoms with Crippen LogP contribution in [0.25, 0.3) is 0 Å². The van der Waals surface area contributed by atoms with Gasteiger partial charge in [0.15, 0.2) is 0 Å². The molecule has 0 atom stereocenters. The minimum absolute atomic E-state index is 0.611. The van der Waals surface area contributed by atoms with Gasteiger partial charge in [0.25, 0.3) is 0 Å². The predicted molar refractivity (Wildman–Crippen MR) is 68.5 cm³/mol. The van der Waals surface area contributed by atoms with Crippen LogP contribution in [-0.4, -0.2) is 20.2 Å². The van der Waals surface area contributed by atoms with Crippen LogP contribution in [0.15, 0.2) is 29.8 Å². The average Bonchev–Trinajstić information content (AvgIpc) is 2.39. The molecule has 0 saturated heterocycles. The molecule has 1 aliphatic heterocycles. The van der Waals surface area contributed by atoms with E-state index in [0.717, 1.165) is 30.8 Å². The van der Waals surface area contributed by atoms with Gasteiger partial charge in [0.05, 0.1) is 18.2 Å². The maximum absolute atomic E-state index is 8.79. The van der Waals surface area contributed by atoms with Crippen LogP contribution in [0.3, 0.4) is 0 Å². The highest BCUT2D eigenvalue weighted by Gasteiger charge is 2.13. The van der Waals surface area contributed by atoms with Crippen LogP contribution >= 0.6 is 11.6 Å². The predicted octanol–water partition coefficient (Wildman–Crippen LogP) is 3.01. The number of halogens is 1. The Kier molecular flexibility index (Phi) is 3.55. The highest BCUT2D eigenvalue weighted by atomic mass is 35.5. The molecule has 1 aliphatic rings. The van der Waals surface area contributed by atoms with E-state index in [1.807, 2.05) is 24.3 Å². The third kappa shape index (κ3) is 2.54. The number of nitrogens with zero attached hydrogens (tertiary/aromatic N) is 2. The first kappa shape index (κ1) is 11.8. The maximum atomic E-state index is 8.79. The van der Waals surface area contributed by atoms with Crippen LogP contribution in [0.4, 0.5) is 5.69 Å². The molecule has 88 valence electrons. The summed E-state index contributed by atoms with van der Waals surface area (Å²) in [5, 5.41) is 9.40. The molecule has 0 bridgehead atoms. The van der Waals surface area contributed by atoms with Crippen molar-refractivity contribution in [1.29, 1.82) is 5.26 Å². The molecule has 1 aromatic carbocycles. The Hall–Kier alpha value is -1.66. The Labute approximate surface area is 106 Å². The molecule has 4 heteroatoms. The average molecular weight is 249 g/mol. The number of hydrogen-bond donors (Lipinski definition) is 0. The lowest BCUT2D eigenvalue weighted by atomic mass is 10.1. The van der Waals surface area contributed by atoms with E-state index < -0.39 is 0 Å². The molecule has 1 aromatic rings. The Morgan fingerprint density at radius 3 is 2.82 bits per heavy atom. The van der Waals surface area contributed by atoms with Crippen molar-refractivity contribution >= 4 is 17.3 Å². The molecule has 2 rings (SSSR count). The lowest BCUT2D eigenvalue weighted by molar-refractivity contribution is 0.415. The highest BCUT2D eigenvalue weighted by molar-refractivity contribution is 6.32. The van der Waals surface area contributed by atoms with Crippen molar-refractivity contribution < 1.29 is 4.74 Å². The molecule has 0 saturated carbocycles. The van der Waals surface area contributed by atoms with Gasteiger partial charge in [-0.1, -0.05) is 17.7 Å². The molecule has 1 heterocycles. The number of benzene rings is 1. The summed E-state index contributed by atoms with van der Waals surface area (Å²) in [6.45, 7) is 1.60. The second kappa shape index (κ2) is 5.11. The van der Waals surface area contributed by atoms with Gasteiger partial charge in [0.1, 0.15) is 5.75 Å². The van der Waals surface area contributed by atoms with Gasteiger partial charge in [0.2, 0.25) is 0 Å².